The molecule has 170 valence electrons. The number of nitrogens with one attached hydrogen (secondary N) is 1. The van der Waals surface area contributed by atoms with E-state index in [1.165, 1.54) is 0 Å². The molecule has 2 rings (SSSR count). The summed E-state index contributed by atoms with van der Waals surface area (Å²) in [5.41, 5.74) is 1.69. The molecule has 0 spiro atoms. The monoisotopic (exact) mass is 431 g/mol. The first-order chi connectivity index (χ1) is 14.4. The summed E-state index contributed by atoms with van der Waals surface area (Å²) < 4.78 is 51.8. The van der Waals surface area contributed by atoms with Crippen LogP contribution in [0.1, 0.15) is 24.5 Å². The number of hydrogen-bond acceptors (Lipinski definition) is 4. The summed E-state index contributed by atoms with van der Waals surface area (Å²) in [5.74, 6) is 1.34. The smallest absolute Gasteiger partial charge is 0.382 e. The first kappa shape index (κ1) is 24.4. The van der Waals surface area contributed by atoms with E-state index in [2.05, 4.69) is 15.0 Å². The van der Waals surface area contributed by atoms with Crippen molar-refractivity contribution < 1.29 is 27.4 Å². The Balaban J connectivity index is 1.82. The quantitative estimate of drug-likeness (QED) is 0.331. The summed E-state index contributed by atoms with van der Waals surface area (Å²) in [5, 5.41) is 3.33. The first-order valence-electron chi connectivity index (χ1n) is 10.2. The lowest BCUT2D eigenvalue weighted by atomic mass is 10.1. The Hall–Kier alpha value is -1.84. The predicted octanol–water partition coefficient (Wildman–Crippen LogP) is 3.22. The summed E-state index contributed by atoms with van der Waals surface area (Å²) in [6.07, 6.45) is -3.24. The minimum atomic E-state index is -4.30. The van der Waals surface area contributed by atoms with E-state index in [0.717, 1.165) is 44.2 Å². The van der Waals surface area contributed by atoms with Crippen LogP contribution in [0.5, 0.6) is 0 Å². The van der Waals surface area contributed by atoms with Gasteiger partial charge in [-0.3, -0.25) is 0 Å². The number of halogens is 3. The Kier molecular flexibility index (Phi) is 10.4. The fourth-order valence-corrected chi connectivity index (χ4v) is 3.17. The number of methoxy groups -OCH3 is 1. The van der Waals surface area contributed by atoms with Crippen LogP contribution in [0.3, 0.4) is 0 Å². The Bertz CT molecular complexity index is 639. The number of rotatable bonds is 11. The maximum Gasteiger partial charge on any atom is 0.411 e. The van der Waals surface area contributed by atoms with Gasteiger partial charge in [-0.05, 0) is 24.5 Å². The largest absolute Gasteiger partial charge is 0.411 e. The second-order valence-electron chi connectivity index (χ2n) is 7.26. The second-order valence-corrected chi connectivity index (χ2v) is 7.26. The van der Waals surface area contributed by atoms with Crippen LogP contribution in [0, 0.1) is 5.92 Å². The van der Waals surface area contributed by atoms with Crippen molar-refractivity contribution in [2.45, 2.75) is 32.7 Å². The average molecular weight is 431 g/mol. The van der Waals surface area contributed by atoms with Crippen molar-refractivity contribution in [2.75, 3.05) is 53.2 Å². The number of alkyl halides is 3. The number of nitrogens with zero attached hydrogens (tertiary/aromatic N) is 2. The van der Waals surface area contributed by atoms with Crippen LogP contribution in [-0.2, 0) is 27.4 Å². The number of aliphatic imine (C=N–C) groups is 1. The highest BCUT2D eigenvalue weighted by atomic mass is 19.4. The molecular weight excluding hydrogens is 399 g/mol. The molecule has 1 aliphatic heterocycles. The normalized spacial score (nSPS) is 17.6. The van der Waals surface area contributed by atoms with Crippen molar-refractivity contribution in [3.63, 3.8) is 0 Å². The van der Waals surface area contributed by atoms with Gasteiger partial charge >= 0.3 is 6.18 Å². The van der Waals surface area contributed by atoms with Crippen LogP contribution >= 0.6 is 0 Å². The first-order valence-corrected chi connectivity index (χ1v) is 10.2. The van der Waals surface area contributed by atoms with Crippen LogP contribution in [0.25, 0.3) is 0 Å². The number of hydrogen-bond donors (Lipinski definition) is 1. The van der Waals surface area contributed by atoms with Crippen LogP contribution in [0.4, 0.5) is 13.2 Å². The van der Waals surface area contributed by atoms with Gasteiger partial charge in [-0.2, -0.15) is 13.2 Å². The van der Waals surface area contributed by atoms with Gasteiger partial charge in [0.15, 0.2) is 5.96 Å². The standard InChI is InChI=1S/C21H32F3N3O3/c1-3-25-20(27-9-8-19(13-27)15-29-11-10-28-2)26-12-17-4-6-18(7-5-17)14-30-16-21(22,23)24/h4-7,19H,3,8-16H2,1-2H3,(H,25,26). The van der Waals surface area contributed by atoms with E-state index < -0.39 is 12.8 Å². The molecule has 0 saturated carbocycles. The Morgan fingerprint density at radius 3 is 2.57 bits per heavy atom. The number of guanidine groups is 1. The maximum atomic E-state index is 12.1. The molecule has 1 aromatic carbocycles. The number of ether oxygens (including phenoxy) is 3. The van der Waals surface area contributed by atoms with E-state index >= 15 is 0 Å². The van der Waals surface area contributed by atoms with Gasteiger partial charge < -0.3 is 24.4 Å². The van der Waals surface area contributed by atoms with Gasteiger partial charge in [-0.25, -0.2) is 4.99 Å². The highest BCUT2D eigenvalue weighted by Gasteiger charge is 2.27. The molecule has 9 heteroatoms. The van der Waals surface area contributed by atoms with Crippen LogP contribution < -0.4 is 5.32 Å². The van der Waals surface area contributed by atoms with Gasteiger partial charge in [0, 0.05) is 32.7 Å². The molecule has 0 aromatic heterocycles. The van der Waals surface area contributed by atoms with E-state index in [-0.39, 0.29) is 6.61 Å². The maximum absolute atomic E-state index is 12.1. The fourth-order valence-electron chi connectivity index (χ4n) is 3.17. The SMILES string of the molecule is CCNC(=NCc1ccc(COCC(F)(F)F)cc1)N1CCC(COCCOC)C1. The van der Waals surface area contributed by atoms with Gasteiger partial charge in [0.05, 0.1) is 33.0 Å². The molecule has 1 aromatic rings. The molecule has 1 heterocycles. The van der Waals surface area contributed by atoms with E-state index in [4.69, 9.17) is 14.5 Å². The highest BCUT2D eigenvalue weighted by molar-refractivity contribution is 5.80. The summed E-state index contributed by atoms with van der Waals surface area (Å²) in [6, 6.07) is 7.29. The number of likely N-dealkylation sites (tertiary alicyclic amines) is 1. The van der Waals surface area contributed by atoms with Crippen molar-refractivity contribution in [2.24, 2.45) is 10.9 Å². The molecule has 1 N–H and O–H groups in total. The second kappa shape index (κ2) is 12.8. The van der Waals surface area contributed by atoms with E-state index in [1.54, 1.807) is 19.2 Å². The van der Waals surface area contributed by atoms with E-state index in [9.17, 15) is 13.2 Å². The molecule has 30 heavy (non-hydrogen) atoms. The van der Waals surface area contributed by atoms with Crippen LogP contribution in [0.2, 0.25) is 0 Å². The van der Waals surface area contributed by atoms with Gasteiger partial charge in [0.2, 0.25) is 0 Å². The highest BCUT2D eigenvalue weighted by Crippen LogP contribution is 2.18. The molecule has 0 bridgehead atoms. The lowest BCUT2D eigenvalue weighted by molar-refractivity contribution is -0.176. The lowest BCUT2D eigenvalue weighted by Gasteiger charge is -2.21. The van der Waals surface area contributed by atoms with Crippen LogP contribution in [0.15, 0.2) is 29.3 Å². The van der Waals surface area contributed by atoms with E-state index in [1.807, 2.05) is 19.1 Å². The lowest BCUT2D eigenvalue weighted by Crippen LogP contribution is -2.40. The molecule has 1 saturated heterocycles. The van der Waals surface area contributed by atoms with Gasteiger partial charge in [-0.15, -0.1) is 0 Å². The molecule has 6 nitrogen and oxygen atoms in total. The van der Waals surface area contributed by atoms with Crippen molar-refractivity contribution >= 4 is 5.96 Å². The van der Waals surface area contributed by atoms with Gasteiger partial charge in [0.25, 0.3) is 0 Å². The van der Waals surface area contributed by atoms with Crippen molar-refractivity contribution in [1.82, 2.24) is 10.2 Å². The van der Waals surface area contributed by atoms with E-state index in [0.29, 0.717) is 31.2 Å². The average Bonchev–Trinajstić information content (AvgIpc) is 3.17. The summed E-state index contributed by atoms with van der Waals surface area (Å²) in [7, 11) is 1.66. The zero-order chi connectivity index (χ0) is 21.8. The predicted molar refractivity (Wildman–Crippen MR) is 109 cm³/mol. The summed E-state index contributed by atoms with van der Waals surface area (Å²) in [6.45, 7) is 5.77. The Morgan fingerprint density at radius 1 is 1.17 bits per heavy atom. The van der Waals surface area contributed by atoms with Crippen LogP contribution in [-0.4, -0.2) is 70.2 Å². The zero-order valence-corrected chi connectivity index (χ0v) is 17.7. The summed E-state index contributed by atoms with van der Waals surface area (Å²) in [4.78, 5) is 6.97. The van der Waals surface area contributed by atoms with Gasteiger partial charge in [0.1, 0.15) is 6.61 Å². The topological polar surface area (TPSA) is 55.3 Å². The van der Waals surface area contributed by atoms with Crippen molar-refractivity contribution in [1.29, 1.82) is 0 Å². The molecular formula is C21H32F3N3O3. The third-order valence-corrected chi connectivity index (χ3v) is 4.67. The Labute approximate surface area is 176 Å². The third kappa shape index (κ3) is 9.32. The van der Waals surface area contributed by atoms with Crippen molar-refractivity contribution in [3.8, 4) is 0 Å². The fraction of sp³-hybridized carbons (Fsp3) is 0.667. The molecule has 0 radical (unpaired) electrons. The molecule has 1 fully saturated rings. The minimum Gasteiger partial charge on any atom is -0.382 e. The Morgan fingerprint density at radius 2 is 1.90 bits per heavy atom. The van der Waals surface area contributed by atoms with Gasteiger partial charge in [-0.1, -0.05) is 24.3 Å². The zero-order valence-electron chi connectivity index (χ0n) is 17.7. The third-order valence-electron chi connectivity index (χ3n) is 4.67. The van der Waals surface area contributed by atoms with Crippen molar-refractivity contribution in [3.05, 3.63) is 35.4 Å². The molecule has 1 unspecified atom stereocenters. The summed E-state index contributed by atoms with van der Waals surface area (Å²) >= 11 is 0. The molecule has 0 aliphatic carbocycles. The molecule has 1 atom stereocenters. The minimum absolute atomic E-state index is 0.0622. The number of benzene rings is 1. The molecule has 1 aliphatic rings. The molecule has 0 amide bonds.